The number of benzene rings is 1. The molecule has 0 aliphatic carbocycles. The second-order valence-corrected chi connectivity index (χ2v) is 64.0. The molecule has 0 spiro atoms. The average molecular weight is 1280 g/mol. The molecule has 0 saturated heterocycles. The number of carbonyl (C=O) groups excluding carboxylic acids is 4. The van der Waals surface area contributed by atoms with Gasteiger partial charge >= 0.3 is 87.9 Å². The maximum absolute atomic E-state index is 12.7. The van der Waals surface area contributed by atoms with E-state index in [4.69, 9.17) is 25.4 Å². The molecule has 0 N–H and O–H groups in total. The van der Waals surface area contributed by atoms with Crippen molar-refractivity contribution in [2.45, 2.75) is 118 Å². The van der Waals surface area contributed by atoms with E-state index < -0.39 is 35.3 Å². The van der Waals surface area contributed by atoms with Gasteiger partial charge in [-0.3, -0.25) is 9.36 Å². The Bertz CT molecular complexity index is 2040. The van der Waals surface area contributed by atoms with Crippen molar-refractivity contribution in [1.29, 1.82) is 0 Å². The van der Waals surface area contributed by atoms with Crippen molar-refractivity contribution in [2.24, 2.45) is 0 Å². The quantitative estimate of drug-likeness (QED) is 0.0925. The number of rotatable bonds is 8. The van der Waals surface area contributed by atoms with E-state index >= 15 is 0 Å². The Morgan fingerprint density at radius 3 is 1.53 bits per heavy atom. The van der Waals surface area contributed by atoms with Gasteiger partial charge in [-0.05, 0) is 67.5 Å². The van der Waals surface area contributed by atoms with Gasteiger partial charge in [-0.2, -0.15) is 10.2 Å². The van der Waals surface area contributed by atoms with Crippen LogP contribution >= 0.6 is 63.7 Å². The van der Waals surface area contributed by atoms with Crippen LogP contribution in [0.2, 0.25) is 0 Å². The fraction of sp³-hybridized carbons (Fsp3) is 0.524. The second-order valence-electron chi connectivity index (χ2n) is 15.3. The zero-order valence-corrected chi connectivity index (χ0v) is 44.0. The number of nitrogens with zero attached hydrogens (tertiary/aromatic N) is 6. The molecule has 0 atom stereocenters. The summed E-state index contributed by atoms with van der Waals surface area (Å²) in [5.74, 6) is 7.92. The number of amides is 2. The van der Waals surface area contributed by atoms with Crippen molar-refractivity contribution >= 4 is 87.9 Å². The van der Waals surface area contributed by atoms with Gasteiger partial charge in [0, 0.05) is 55.5 Å². The first-order chi connectivity index (χ1) is 28.3. The Labute approximate surface area is 390 Å². The molecule has 60 heavy (non-hydrogen) atoms. The molecule has 0 unspecified atom stereocenters. The topological polar surface area (TPSA) is 147 Å². The van der Waals surface area contributed by atoms with Crippen LogP contribution in [0.1, 0.15) is 117 Å². The second kappa shape index (κ2) is 24.7. The van der Waals surface area contributed by atoms with Gasteiger partial charge in [0.2, 0.25) is 0 Å². The summed E-state index contributed by atoms with van der Waals surface area (Å²) in [4.78, 5) is 53.2. The van der Waals surface area contributed by atoms with Crippen LogP contribution in [-0.2, 0) is 58.0 Å². The van der Waals surface area contributed by atoms with Crippen LogP contribution < -0.4 is 0 Å². The predicted octanol–water partition coefficient (Wildman–Crippen LogP) is 9.71. The van der Waals surface area contributed by atoms with Crippen molar-refractivity contribution < 1.29 is 38.1 Å². The zero-order chi connectivity index (χ0) is 44.6. The van der Waals surface area contributed by atoms with Gasteiger partial charge in [0.15, 0.2) is 11.4 Å². The molecule has 14 nitrogen and oxygen atoms in total. The summed E-state index contributed by atoms with van der Waals surface area (Å²) in [6.07, 6.45) is 6.65. The number of hydrogen-bond donors (Lipinski definition) is 0. The molecule has 2 aliphatic rings. The third kappa shape index (κ3) is 16.8. The molecule has 328 valence electrons. The van der Waals surface area contributed by atoms with Gasteiger partial charge in [0.25, 0.3) is 0 Å². The number of hydrogen-bond acceptors (Lipinski definition) is 10. The fourth-order valence-corrected chi connectivity index (χ4v) is 6.02. The molecule has 0 fully saturated rings. The van der Waals surface area contributed by atoms with Gasteiger partial charge in [0.1, 0.15) is 11.2 Å². The zero-order valence-electron chi connectivity index (χ0n) is 35.4. The van der Waals surface area contributed by atoms with E-state index in [1.54, 1.807) is 33.0 Å². The van der Waals surface area contributed by atoms with Crippen LogP contribution in [-0.4, -0.2) is 91.0 Å². The van der Waals surface area contributed by atoms with E-state index in [9.17, 15) is 19.2 Å². The van der Waals surface area contributed by atoms with Crippen LogP contribution in [0.4, 0.5) is 9.59 Å². The molecular weight excluding hydrogens is 1220 g/mol. The Morgan fingerprint density at radius 2 is 1.15 bits per heavy atom. The summed E-state index contributed by atoms with van der Waals surface area (Å²) < 4.78 is 24.6. The molecule has 0 saturated carbocycles. The number of fused-ring (bicyclic) bond motifs is 2. The molecule has 2 aromatic heterocycles. The Hall–Kier alpha value is -2.84. The first-order valence-corrected chi connectivity index (χ1v) is 38.3. The molecule has 0 bridgehead atoms. The Balaban J connectivity index is 0.000000300. The summed E-state index contributed by atoms with van der Waals surface area (Å²) in [5, 5.41) is 9.14. The summed E-state index contributed by atoms with van der Waals surface area (Å²) in [5.41, 5.74) is 3.63. The average Bonchev–Trinajstić information content (AvgIpc) is 3.72. The molecule has 3 aromatic rings. The number of carbonyl (C=O) groups is 4. The van der Waals surface area contributed by atoms with E-state index in [2.05, 4.69) is 83.8 Å². The molecule has 1 aromatic carbocycles. The minimum absolute atomic E-state index is 0.266. The van der Waals surface area contributed by atoms with Crippen LogP contribution in [0.5, 0.6) is 0 Å². The third-order valence-corrected chi connectivity index (χ3v) is 8.37. The monoisotopic (exact) mass is 1280 g/mol. The van der Waals surface area contributed by atoms with Crippen molar-refractivity contribution in [3.05, 3.63) is 69.8 Å². The number of aromatic nitrogens is 4. The van der Waals surface area contributed by atoms with Crippen LogP contribution in [0.3, 0.4) is 0 Å². The summed E-state index contributed by atoms with van der Waals surface area (Å²) in [6, 6.07) is 9.75. The SMILES string of the molecule is C#CCCn1nc2c(c1C(=O)OCC)CN(C(=O)OC(C)(C)C)CC2.CCOC(=O)c1c2c(nn1CCC#Cc1ccccc1)CCN(C(=O)OC(C)(C)C)C2.II(I)I. The molecule has 18 heteroatoms. The van der Waals surface area contributed by atoms with Crippen molar-refractivity contribution in [3.8, 4) is 24.2 Å². The molecule has 2 amide bonds. The van der Waals surface area contributed by atoms with Gasteiger partial charge in [-0.15, -0.1) is 12.3 Å². The van der Waals surface area contributed by atoms with Crippen LogP contribution in [0.15, 0.2) is 30.3 Å². The number of terminal acetylenes is 1. The van der Waals surface area contributed by atoms with E-state index in [1.165, 1.54) is 0 Å². The van der Waals surface area contributed by atoms with E-state index in [0.29, 0.717) is 68.8 Å². The van der Waals surface area contributed by atoms with Crippen molar-refractivity contribution in [1.82, 2.24) is 29.4 Å². The van der Waals surface area contributed by atoms with Crippen LogP contribution in [0.25, 0.3) is 0 Å². The third-order valence-electron chi connectivity index (χ3n) is 8.37. The number of ether oxygens (including phenoxy) is 4. The molecule has 4 heterocycles. The molecule has 2 aliphatic heterocycles. The summed E-state index contributed by atoms with van der Waals surface area (Å²) in [6.45, 7) is 17.4. The minimum atomic E-state index is -0.580. The molecule has 5 rings (SSSR count). The summed E-state index contributed by atoms with van der Waals surface area (Å²) in [7, 11) is -0.353. The van der Waals surface area contributed by atoms with Gasteiger partial charge in [0.05, 0.1) is 50.8 Å². The molecule has 0 radical (unpaired) electrons. The van der Waals surface area contributed by atoms with Crippen molar-refractivity contribution in [3.63, 3.8) is 0 Å². The van der Waals surface area contributed by atoms with Gasteiger partial charge in [-0.1, -0.05) is 30.0 Å². The fourth-order valence-electron chi connectivity index (χ4n) is 6.02. The number of halogens is 4. The van der Waals surface area contributed by atoms with Gasteiger partial charge < -0.3 is 28.7 Å². The number of esters is 2. The van der Waals surface area contributed by atoms with E-state index in [1.807, 2.05) is 71.9 Å². The first-order valence-electron chi connectivity index (χ1n) is 19.4. The van der Waals surface area contributed by atoms with E-state index in [0.717, 1.165) is 22.5 Å². The summed E-state index contributed by atoms with van der Waals surface area (Å²) >= 11 is 7.42. The van der Waals surface area contributed by atoms with Crippen LogP contribution in [0, 0.1) is 24.2 Å². The Kier molecular flexibility index (Phi) is 21.2. The first kappa shape index (κ1) is 51.5. The maximum atomic E-state index is 12.7. The normalized spacial score (nSPS) is 13.3. The van der Waals surface area contributed by atoms with Crippen molar-refractivity contribution in [2.75, 3.05) is 26.3 Å². The van der Waals surface area contributed by atoms with E-state index in [-0.39, 0.29) is 34.2 Å². The standard InChI is InChI=1S/C24H29N3O4.C18H25N3O4.I4/c1-5-30-22(28)21-19-17-26(23(29)31-24(2,3)4)16-14-20(19)25-27(21)15-10-9-13-18-11-7-6-8-12-18;1-6-8-10-21-15(16(22)24-7-2)13-12-20(11-9-14(13)19-21)17(23)25-18(3,4)5;1-4(2)3/h6-8,11-12H,5,10,14-17H2,1-4H3;1H,7-12H2,2-5H3;. The molecular formula is C42H54I4N6O8. The predicted molar refractivity (Wildman–Crippen MR) is 265 cm³/mol. The Morgan fingerprint density at radius 1 is 0.733 bits per heavy atom. The van der Waals surface area contributed by atoms with Gasteiger partial charge in [-0.25, -0.2) is 19.2 Å². The number of aryl methyl sites for hydroxylation is 2.